The van der Waals surface area contributed by atoms with E-state index in [9.17, 15) is 12.3 Å². The minimum Gasteiger partial charge on any atom is -0.195 e. The van der Waals surface area contributed by atoms with Crippen LogP contribution in [0.4, 0.5) is 3.89 Å². The molecule has 0 aliphatic heterocycles. The summed E-state index contributed by atoms with van der Waals surface area (Å²) in [4.78, 5) is 0. The molecule has 0 atom stereocenters. The Morgan fingerprint density at radius 3 is 2.21 bits per heavy atom. The van der Waals surface area contributed by atoms with Crippen LogP contribution in [0.25, 0.3) is 0 Å². The van der Waals surface area contributed by atoms with E-state index in [1.807, 2.05) is 30.3 Å². The van der Waals surface area contributed by atoms with Gasteiger partial charge in [-0.1, -0.05) is 30.3 Å². The zero-order valence-electron chi connectivity index (χ0n) is 7.61. The fraction of sp³-hybridized carbons (Fsp3) is 0.400. The van der Waals surface area contributed by atoms with E-state index in [1.165, 1.54) is 0 Å². The van der Waals surface area contributed by atoms with Crippen LogP contribution < -0.4 is 0 Å². The molecule has 4 heteroatoms. The van der Waals surface area contributed by atoms with Crippen LogP contribution in [-0.4, -0.2) is 14.2 Å². The number of hydrogen-bond acceptors (Lipinski definition) is 2. The van der Waals surface area contributed by atoms with E-state index in [2.05, 4.69) is 0 Å². The first-order valence-electron chi connectivity index (χ1n) is 4.50. The standard InChI is InChI=1S/C10H11FO2S/c11-14(12,13)8-10(6-7-10)9-4-2-1-3-5-9/h1-5H,6-8H2. The molecule has 1 saturated carbocycles. The number of halogens is 1. The fourth-order valence-corrected chi connectivity index (χ4v) is 2.90. The summed E-state index contributed by atoms with van der Waals surface area (Å²) in [5.41, 5.74) is 0.496. The summed E-state index contributed by atoms with van der Waals surface area (Å²) in [5.74, 6) is -0.371. The average molecular weight is 214 g/mol. The second-order valence-electron chi connectivity index (χ2n) is 3.83. The summed E-state index contributed by atoms with van der Waals surface area (Å²) in [5, 5.41) is 0. The average Bonchev–Trinajstić information content (AvgIpc) is 2.85. The third-order valence-electron chi connectivity index (χ3n) is 2.69. The normalized spacial score (nSPS) is 19.2. The maximum absolute atomic E-state index is 12.6. The monoisotopic (exact) mass is 214 g/mol. The maximum Gasteiger partial charge on any atom is 0.303 e. The highest BCUT2D eigenvalue weighted by Crippen LogP contribution is 2.49. The highest BCUT2D eigenvalue weighted by molar-refractivity contribution is 7.86. The lowest BCUT2D eigenvalue weighted by Gasteiger charge is -2.12. The molecular formula is C10H11FO2S. The van der Waals surface area contributed by atoms with Gasteiger partial charge < -0.3 is 0 Å². The van der Waals surface area contributed by atoms with Crippen molar-refractivity contribution >= 4 is 10.2 Å². The van der Waals surface area contributed by atoms with E-state index in [0.717, 1.165) is 18.4 Å². The second-order valence-corrected chi connectivity index (χ2v) is 5.20. The summed E-state index contributed by atoms with van der Waals surface area (Å²) in [7, 11) is -4.37. The summed E-state index contributed by atoms with van der Waals surface area (Å²) in [6, 6.07) is 9.28. The van der Waals surface area contributed by atoms with Crippen LogP contribution in [0.2, 0.25) is 0 Å². The van der Waals surface area contributed by atoms with E-state index in [4.69, 9.17) is 0 Å². The van der Waals surface area contributed by atoms with E-state index in [1.54, 1.807) is 0 Å². The quantitative estimate of drug-likeness (QED) is 0.721. The molecule has 1 aromatic rings. The van der Waals surface area contributed by atoms with Gasteiger partial charge in [-0.25, -0.2) is 0 Å². The molecule has 2 rings (SSSR count). The van der Waals surface area contributed by atoms with Gasteiger partial charge in [0.2, 0.25) is 0 Å². The fourth-order valence-electron chi connectivity index (χ4n) is 1.79. The molecule has 1 aliphatic rings. The molecule has 1 aliphatic carbocycles. The SMILES string of the molecule is O=S(=O)(F)CC1(c2ccccc2)CC1. The Bertz CT molecular complexity index is 421. The Hall–Kier alpha value is -0.900. The van der Waals surface area contributed by atoms with Crippen molar-refractivity contribution in [1.82, 2.24) is 0 Å². The first-order chi connectivity index (χ1) is 6.52. The van der Waals surface area contributed by atoms with E-state index in [0.29, 0.717) is 0 Å². The summed E-state index contributed by atoms with van der Waals surface area (Å²) >= 11 is 0. The van der Waals surface area contributed by atoms with Gasteiger partial charge in [0.1, 0.15) is 0 Å². The molecule has 0 heterocycles. The molecule has 0 radical (unpaired) electrons. The lowest BCUT2D eigenvalue weighted by molar-refractivity contribution is 0.542. The Morgan fingerprint density at radius 2 is 1.79 bits per heavy atom. The van der Waals surface area contributed by atoms with Gasteiger partial charge in [0.25, 0.3) is 0 Å². The van der Waals surface area contributed by atoms with E-state index < -0.39 is 15.6 Å². The van der Waals surface area contributed by atoms with E-state index in [-0.39, 0.29) is 5.75 Å². The van der Waals surface area contributed by atoms with Gasteiger partial charge in [0.05, 0.1) is 5.75 Å². The molecule has 0 saturated heterocycles. The Balaban J connectivity index is 2.27. The number of hydrogen-bond donors (Lipinski definition) is 0. The van der Waals surface area contributed by atoms with Crippen molar-refractivity contribution in [3.8, 4) is 0 Å². The molecule has 1 fully saturated rings. The van der Waals surface area contributed by atoms with Crippen LogP contribution >= 0.6 is 0 Å². The minimum absolute atomic E-state index is 0.371. The molecule has 76 valence electrons. The van der Waals surface area contributed by atoms with Crippen molar-refractivity contribution in [3.63, 3.8) is 0 Å². The second kappa shape index (κ2) is 3.05. The molecule has 0 unspecified atom stereocenters. The van der Waals surface area contributed by atoms with Gasteiger partial charge in [-0.2, -0.15) is 8.42 Å². The molecule has 0 amide bonds. The van der Waals surface area contributed by atoms with Gasteiger partial charge in [-0.05, 0) is 18.4 Å². The molecule has 0 N–H and O–H groups in total. The molecule has 2 nitrogen and oxygen atoms in total. The van der Waals surface area contributed by atoms with Crippen LogP contribution in [0.15, 0.2) is 30.3 Å². The Labute approximate surface area is 83.0 Å². The van der Waals surface area contributed by atoms with Crippen LogP contribution in [0.1, 0.15) is 18.4 Å². The van der Waals surface area contributed by atoms with Crippen LogP contribution in [0.3, 0.4) is 0 Å². The minimum atomic E-state index is -4.37. The van der Waals surface area contributed by atoms with Crippen LogP contribution in [0.5, 0.6) is 0 Å². The number of rotatable bonds is 3. The summed E-state index contributed by atoms with van der Waals surface area (Å²) in [6.45, 7) is 0. The zero-order chi connectivity index (χ0) is 10.2. The van der Waals surface area contributed by atoms with Gasteiger partial charge in [0, 0.05) is 5.41 Å². The van der Waals surface area contributed by atoms with Gasteiger partial charge in [-0.3, -0.25) is 0 Å². The zero-order valence-corrected chi connectivity index (χ0v) is 8.43. The Kier molecular flexibility index (Phi) is 2.10. The third kappa shape index (κ3) is 1.95. The maximum atomic E-state index is 12.6. The highest BCUT2D eigenvalue weighted by atomic mass is 32.3. The summed E-state index contributed by atoms with van der Waals surface area (Å²) in [6.07, 6.45) is 1.53. The van der Waals surface area contributed by atoms with Crippen molar-refractivity contribution in [3.05, 3.63) is 35.9 Å². The topological polar surface area (TPSA) is 34.1 Å². The molecule has 14 heavy (non-hydrogen) atoms. The van der Waals surface area contributed by atoms with Crippen molar-refractivity contribution in [2.45, 2.75) is 18.3 Å². The largest absolute Gasteiger partial charge is 0.303 e. The van der Waals surface area contributed by atoms with Crippen molar-refractivity contribution in [2.75, 3.05) is 5.75 Å². The number of benzene rings is 1. The summed E-state index contributed by atoms with van der Waals surface area (Å²) < 4.78 is 33.8. The van der Waals surface area contributed by atoms with Crippen LogP contribution in [-0.2, 0) is 15.6 Å². The first kappa shape index (κ1) is 9.65. The molecule has 1 aromatic carbocycles. The van der Waals surface area contributed by atoms with Gasteiger partial charge in [-0.15, -0.1) is 3.89 Å². The third-order valence-corrected chi connectivity index (χ3v) is 3.59. The highest BCUT2D eigenvalue weighted by Gasteiger charge is 2.47. The molecule has 0 bridgehead atoms. The van der Waals surface area contributed by atoms with Gasteiger partial charge in [0.15, 0.2) is 0 Å². The molecule has 0 spiro atoms. The van der Waals surface area contributed by atoms with Crippen molar-refractivity contribution in [1.29, 1.82) is 0 Å². The van der Waals surface area contributed by atoms with Crippen LogP contribution in [0, 0.1) is 0 Å². The lowest BCUT2D eigenvalue weighted by atomic mass is 9.99. The van der Waals surface area contributed by atoms with Crippen molar-refractivity contribution in [2.24, 2.45) is 0 Å². The lowest BCUT2D eigenvalue weighted by Crippen LogP contribution is -2.17. The first-order valence-corrected chi connectivity index (χ1v) is 6.05. The van der Waals surface area contributed by atoms with E-state index >= 15 is 0 Å². The Morgan fingerprint density at radius 1 is 1.21 bits per heavy atom. The molecule has 0 aromatic heterocycles. The predicted molar refractivity (Wildman–Crippen MR) is 52.2 cm³/mol. The molecular weight excluding hydrogens is 203 g/mol. The van der Waals surface area contributed by atoms with Gasteiger partial charge >= 0.3 is 10.2 Å². The van der Waals surface area contributed by atoms with Crippen molar-refractivity contribution < 1.29 is 12.3 Å². The predicted octanol–water partition coefficient (Wildman–Crippen LogP) is 2.02. The smallest absolute Gasteiger partial charge is 0.195 e.